The summed E-state index contributed by atoms with van der Waals surface area (Å²) in [6.45, 7) is -0.463. The summed E-state index contributed by atoms with van der Waals surface area (Å²) in [6.07, 6.45) is -4.61. The van der Waals surface area contributed by atoms with Crippen LogP contribution in [-0.4, -0.2) is 59.8 Å². The first-order valence-corrected chi connectivity index (χ1v) is 6.79. The van der Waals surface area contributed by atoms with Crippen LogP contribution in [0.25, 0.3) is 11.2 Å². The van der Waals surface area contributed by atoms with Crippen molar-refractivity contribution < 1.29 is 20.1 Å². The molecule has 2 aromatic rings. The van der Waals surface area contributed by atoms with Gasteiger partial charge in [0.2, 0.25) is 5.95 Å². The number of aromatic nitrogens is 4. The summed E-state index contributed by atoms with van der Waals surface area (Å²) in [5.74, 6) is -0.118. The molecule has 0 aliphatic carbocycles. The number of hydrogen-bond donors (Lipinski definition) is 5. The van der Waals surface area contributed by atoms with Crippen molar-refractivity contribution in [3.8, 4) is 0 Å². The average Bonchev–Trinajstić information content (AvgIpc) is 2.89. The highest BCUT2D eigenvalue weighted by Crippen LogP contribution is 2.33. The average molecular weight is 365 g/mol. The van der Waals surface area contributed by atoms with Gasteiger partial charge in [0, 0.05) is 0 Å². The number of rotatable bonds is 2. The predicted octanol–water partition coefficient (Wildman–Crippen LogP) is -1.92. The maximum atomic E-state index is 11.8. The lowest BCUT2D eigenvalue weighted by Crippen LogP contribution is -2.33. The molecule has 1 aliphatic heterocycles. The summed E-state index contributed by atoms with van der Waals surface area (Å²) in [5.41, 5.74) is 5.07. The number of nitrogens with zero attached hydrogens (tertiary/aromatic N) is 3. The summed E-state index contributed by atoms with van der Waals surface area (Å²) in [4.78, 5) is 22.0. The van der Waals surface area contributed by atoms with Gasteiger partial charge < -0.3 is 25.8 Å². The molecule has 0 unspecified atom stereocenters. The van der Waals surface area contributed by atoms with Crippen LogP contribution >= 0.6 is 15.9 Å². The number of imidazole rings is 1. The lowest BCUT2D eigenvalue weighted by atomic mass is 10.1. The van der Waals surface area contributed by atoms with Gasteiger partial charge in [0.05, 0.1) is 6.61 Å². The molecule has 11 heteroatoms. The van der Waals surface area contributed by atoms with Crippen LogP contribution in [0.5, 0.6) is 0 Å². The number of nitrogens with two attached hydrogens (primary N) is 1. The van der Waals surface area contributed by atoms with E-state index in [2.05, 4.69) is 30.9 Å². The lowest BCUT2D eigenvalue weighted by Gasteiger charge is -2.17. The van der Waals surface area contributed by atoms with Crippen LogP contribution in [0, 0.1) is 0 Å². The number of hydrogen-bond acceptors (Lipinski definition) is 8. The molecule has 0 aromatic carbocycles. The first kappa shape index (κ1) is 14.4. The van der Waals surface area contributed by atoms with Crippen molar-refractivity contribution in [1.29, 1.82) is 0 Å². The number of aromatic amines is 1. The molecule has 0 saturated carbocycles. The Kier molecular flexibility index (Phi) is 3.45. The summed E-state index contributed by atoms with van der Waals surface area (Å²) < 4.78 is 6.87. The fourth-order valence-corrected chi connectivity index (χ4v) is 2.84. The fraction of sp³-hybridized carbons (Fsp3) is 0.500. The van der Waals surface area contributed by atoms with Gasteiger partial charge in [0.1, 0.15) is 18.3 Å². The minimum absolute atomic E-state index is 0.00816. The molecule has 4 atom stereocenters. The maximum absolute atomic E-state index is 11.8. The zero-order valence-corrected chi connectivity index (χ0v) is 12.1. The van der Waals surface area contributed by atoms with Gasteiger partial charge in [0.25, 0.3) is 5.56 Å². The number of aliphatic hydroxyl groups is 3. The molecular formula is C10H12BrN5O5. The Labute approximate surface area is 125 Å². The minimum atomic E-state index is -1.32. The third-order valence-corrected chi connectivity index (χ3v) is 3.86. The van der Waals surface area contributed by atoms with Gasteiger partial charge in [0.15, 0.2) is 22.1 Å². The second kappa shape index (κ2) is 5.03. The topological polar surface area (TPSA) is 160 Å². The zero-order chi connectivity index (χ0) is 15.3. The van der Waals surface area contributed by atoms with Gasteiger partial charge in [-0.3, -0.25) is 14.3 Å². The summed E-state index contributed by atoms with van der Waals surface area (Å²) in [5, 5.41) is 29.0. The van der Waals surface area contributed by atoms with Crippen LogP contribution in [0.15, 0.2) is 9.53 Å². The first-order valence-electron chi connectivity index (χ1n) is 5.99. The van der Waals surface area contributed by atoms with E-state index in [-0.39, 0.29) is 21.8 Å². The third-order valence-electron chi connectivity index (χ3n) is 3.30. The lowest BCUT2D eigenvalue weighted by molar-refractivity contribution is -0.0521. The maximum Gasteiger partial charge on any atom is 0.280 e. The molecular weight excluding hydrogens is 353 g/mol. The first-order chi connectivity index (χ1) is 9.93. The molecule has 1 aliphatic rings. The van der Waals surface area contributed by atoms with E-state index in [0.717, 1.165) is 0 Å². The highest BCUT2D eigenvalue weighted by molar-refractivity contribution is 9.10. The number of H-pyrrole nitrogens is 1. The molecule has 1 fully saturated rings. The Morgan fingerprint density at radius 2 is 2.10 bits per heavy atom. The van der Waals surface area contributed by atoms with Crippen LogP contribution in [0.3, 0.4) is 0 Å². The number of aliphatic hydroxyl groups excluding tert-OH is 3. The molecule has 0 spiro atoms. The van der Waals surface area contributed by atoms with Gasteiger partial charge in [-0.2, -0.15) is 4.98 Å². The monoisotopic (exact) mass is 364 g/mol. The largest absolute Gasteiger partial charge is 0.394 e. The fourth-order valence-electron chi connectivity index (χ4n) is 2.29. The number of anilines is 1. The van der Waals surface area contributed by atoms with E-state index in [1.807, 2.05) is 0 Å². The standard InChI is InChI=1S/C10H12BrN5O5/c11-9-13-3-6(14-10(12)15-7(3)20)16(9)8-5(19)4(18)2(1-17)21-8/h2,4-5,8,17-19H,1H2,(H3,12,14,15,20)/t2-,4-,5-,8-/m1/s1/i3+1,6+1,13+1. The van der Waals surface area contributed by atoms with Crippen LogP contribution in [-0.2, 0) is 4.74 Å². The molecule has 114 valence electrons. The Morgan fingerprint density at radius 1 is 1.38 bits per heavy atom. The van der Waals surface area contributed by atoms with Gasteiger partial charge in [-0.05, 0) is 15.9 Å². The van der Waals surface area contributed by atoms with Gasteiger partial charge in [-0.15, -0.1) is 0 Å². The molecule has 6 N–H and O–H groups in total. The normalized spacial score (nSPS) is 29.3. The van der Waals surface area contributed by atoms with Crippen molar-refractivity contribution in [2.75, 3.05) is 12.3 Å². The third kappa shape index (κ3) is 2.13. The van der Waals surface area contributed by atoms with Gasteiger partial charge in [-0.25, -0.2) is 4.98 Å². The predicted molar refractivity (Wildman–Crippen MR) is 73.3 cm³/mol. The van der Waals surface area contributed by atoms with E-state index >= 15 is 0 Å². The Hall–Kier alpha value is -1.53. The van der Waals surface area contributed by atoms with Crippen LogP contribution in [0.1, 0.15) is 6.23 Å². The molecule has 0 amide bonds. The smallest absolute Gasteiger partial charge is 0.280 e. The van der Waals surface area contributed by atoms with Crippen molar-refractivity contribution in [3.05, 3.63) is 15.1 Å². The second-order valence-electron chi connectivity index (χ2n) is 4.60. The molecule has 1 saturated heterocycles. The molecule has 3 rings (SSSR count). The van der Waals surface area contributed by atoms with E-state index < -0.39 is 36.7 Å². The van der Waals surface area contributed by atoms with E-state index in [4.69, 9.17) is 15.6 Å². The second-order valence-corrected chi connectivity index (χ2v) is 5.31. The van der Waals surface area contributed by atoms with E-state index in [0.29, 0.717) is 0 Å². The molecule has 2 aromatic heterocycles. The van der Waals surface area contributed by atoms with E-state index in [1.54, 1.807) is 0 Å². The minimum Gasteiger partial charge on any atom is -0.394 e. The summed E-state index contributed by atoms with van der Waals surface area (Å²) in [6, 6.07) is 0. The molecule has 21 heavy (non-hydrogen) atoms. The molecule has 10 nitrogen and oxygen atoms in total. The van der Waals surface area contributed by atoms with Crippen LogP contribution in [0.4, 0.5) is 5.95 Å². The zero-order valence-electron chi connectivity index (χ0n) is 10.5. The Bertz CT molecular complexity index is 745. The van der Waals surface area contributed by atoms with Crippen molar-refractivity contribution in [2.24, 2.45) is 0 Å². The SMILES string of the molecule is Nc1n[13c]2[13c]([15n]c(Br)n2[C@@H]2O[C@H](CO)[C@@H](O)[C@H]2O)c(=O)[nH]1. The molecule has 3 heterocycles. The van der Waals surface area contributed by atoms with Gasteiger partial charge >= 0.3 is 0 Å². The van der Waals surface area contributed by atoms with Crippen molar-refractivity contribution >= 4 is 33.0 Å². The quantitative estimate of drug-likeness (QED) is 0.385. The summed E-state index contributed by atoms with van der Waals surface area (Å²) in [7, 11) is 0. The molecule has 0 radical (unpaired) electrons. The number of halogens is 1. The highest BCUT2D eigenvalue weighted by Gasteiger charge is 2.44. The Morgan fingerprint density at radius 3 is 2.71 bits per heavy atom. The molecule has 0 bridgehead atoms. The Balaban J connectivity index is 2.17. The number of ether oxygens (including phenoxy) is 1. The highest BCUT2D eigenvalue weighted by atomic mass is 79.9. The van der Waals surface area contributed by atoms with Gasteiger partial charge in [-0.1, -0.05) is 0 Å². The summed E-state index contributed by atoms with van der Waals surface area (Å²) >= 11 is 3.15. The van der Waals surface area contributed by atoms with Crippen molar-refractivity contribution in [1.82, 2.24) is 19.5 Å². The number of nitrogens with one attached hydrogen (secondary N) is 1. The number of nitrogen functional groups attached to an aromatic ring is 1. The van der Waals surface area contributed by atoms with E-state index in [1.165, 1.54) is 4.57 Å². The van der Waals surface area contributed by atoms with E-state index in [9.17, 15) is 15.0 Å². The van der Waals surface area contributed by atoms with Crippen LogP contribution < -0.4 is 11.3 Å². The number of fused-ring (bicyclic) bond motifs is 1. The van der Waals surface area contributed by atoms with Crippen molar-refractivity contribution in [2.45, 2.75) is 24.5 Å². The van der Waals surface area contributed by atoms with Crippen molar-refractivity contribution in [3.63, 3.8) is 0 Å². The van der Waals surface area contributed by atoms with Crippen LogP contribution in [0.2, 0.25) is 0 Å².